The zero-order valence-electron chi connectivity index (χ0n) is 13.3. The van der Waals surface area contributed by atoms with Crippen LogP contribution >= 0.6 is 0 Å². The summed E-state index contributed by atoms with van der Waals surface area (Å²) >= 11 is 0. The molecule has 2 saturated heterocycles. The molecule has 0 spiro atoms. The predicted octanol–water partition coefficient (Wildman–Crippen LogP) is 1.55. The summed E-state index contributed by atoms with van der Waals surface area (Å²) in [6.07, 6.45) is 0. The van der Waals surface area contributed by atoms with Gasteiger partial charge in [-0.3, -0.25) is 4.90 Å². The molecule has 2 aliphatic heterocycles. The van der Waals surface area contributed by atoms with Crippen molar-refractivity contribution < 1.29 is 13.2 Å². The number of nitrogens with zero attached hydrogens (tertiary/aromatic N) is 2. The van der Waals surface area contributed by atoms with Crippen molar-refractivity contribution in [2.45, 2.75) is 25.3 Å². The van der Waals surface area contributed by atoms with Crippen LogP contribution in [0, 0.1) is 5.41 Å². The van der Waals surface area contributed by atoms with E-state index in [0.29, 0.717) is 43.2 Å². The van der Waals surface area contributed by atoms with Crippen molar-refractivity contribution >= 4 is 10.0 Å². The summed E-state index contributed by atoms with van der Waals surface area (Å²) in [5.74, 6) is 0. The van der Waals surface area contributed by atoms with E-state index in [2.05, 4.69) is 18.7 Å². The Morgan fingerprint density at radius 2 is 1.77 bits per heavy atom. The molecule has 2 aliphatic rings. The molecule has 22 heavy (non-hydrogen) atoms. The minimum atomic E-state index is -3.42. The second kappa shape index (κ2) is 5.92. The van der Waals surface area contributed by atoms with Crippen LogP contribution in [0.25, 0.3) is 0 Å². The first-order chi connectivity index (χ1) is 10.4. The summed E-state index contributed by atoms with van der Waals surface area (Å²) < 4.78 is 32.5. The molecular weight excluding hydrogens is 300 g/mol. The second-order valence-electron chi connectivity index (χ2n) is 6.93. The van der Waals surface area contributed by atoms with Crippen molar-refractivity contribution in [1.82, 2.24) is 9.21 Å². The van der Waals surface area contributed by atoms with E-state index in [0.717, 1.165) is 18.7 Å². The van der Waals surface area contributed by atoms with Crippen LogP contribution in [0.4, 0.5) is 0 Å². The molecule has 0 amide bonds. The van der Waals surface area contributed by atoms with Crippen LogP contribution in [0.3, 0.4) is 0 Å². The molecule has 0 bridgehead atoms. The van der Waals surface area contributed by atoms with Crippen LogP contribution in [0.1, 0.15) is 19.4 Å². The first-order valence-electron chi connectivity index (χ1n) is 7.77. The Labute approximate surface area is 132 Å². The highest BCUT2D eigenvalue weighted by atomic mass is 32.2. The molecule has 6 heteroatoms. The Hall–Kier alpha value is -0.950. The van der Waals surface area contributed by atoms with Gasteiger partial charge in [-0.2, -0.15) is 4.31 Å². The fourth-order valence-corrected chi connectivity index (χ4v) is 4.95. The average Bonchev–Trinajstić information content (AvgIpc) is 2.47. The SMILES string of the molecule is CC1(C)CN(Cc2ccccc2S(=O)(=O)N2CCOCC2)C1. The summed E-state index contributed by atoms with van der Waals surface area (Å²) in [7, 11) is -3.42. The van der Waals surface area contributed by atoms with Crippen LogP contribution in [-0.2, 0) is 21.3 Å². The number of hydrogen-bond donors (Lipinski definition) is 0. The average molecular weight is 324 g/mol. The smallest absolute Gasteiger partial charge is 0.243 e. The van der Waals surface area contributed by atoms with Gasteiger partial charge in [-0.1, -0.05) is 32.0 Å². The molecule has 0 unspecified atom stereocenters. The zero-order valence-corrected chi connectivity index (χ0v) is 14.1. The zero-order chi connectivity index (χ0) is 15.8. The lowest BCUT2D eigenvalue weighted by molar-refractivity contribution is 0.0235. The first kappa shape index (κ1) is 15.9. The number of hydrogen-bond acceptors (Lipinski definition) is 4. The van der Waals surface area contributed by atoms with Gasteiger partial charge in [0.1, 0.15) is 0 Å². The van der Waals surface area contributed by atoms with Crippen LogP contribution in [0.2, 0.25) is 0 Å². The monoisotopic (exact) mass is 324 g/mol. The van der Waals surface area contributed by atoms with Gasteiger partial charge < -0.3 is 4.74 Å². The van der Waals surface area contributed by atoms with Crippen molar-refractivity contribution in [1.29, 1.82) is 0 Å². The Balaban J connectivity index is 1.81. The van der Waals surface area contributed by atoms with E-state index in [4.69, 9.17) is 4.74 Å². The van der Waals surface area contributed by atoms with Gasteiger partial charge >= 0.3 is 0 Å². The molecule has 5 nitrogen and oxygen atoms in total. The van der Waals surface area contributed by atoms with Crippen LogP contribution in [-0.4, -0.2) is 57.0 Å². The van der Waals surface area contributed by atoms with Crippen molar-refractivity contribution in [3.63, 3.8) is 0 Å². The molecule has 2 heterocycles. The topological polar surface area (TPSA) is 49.9 Å². The summed E-state index contributed by atoms with van der Waals surface area (Å²) in [5.41, 5.74) is 1.24. The summed E-state index contributed by atoms with van der Waals surface area (Å²) in [5, 5.41) is 0. The lowest BCUT2D eigenvalue weighted by Gasteiger charge is -2.46. The highest BCUT2D eigenvalue weighted by Crippen LogP contribution is 2.31. The highest BCUT2D eigenvalue weighted by molar-refractivity contribution is 7.89. The Bertz CT molecular complexity index is 629. The van der Waals surface area contributed by atoms with Gasteiger partial charge in [-0.25, -0.2) is 8.42 Å². The van der Waals surface area contributed by atoms with Crippen LogP contribution in [0.5, 0.6) is 0 Å². The molecule has 0 radical (unpaired) electrons. The third-order valence-electron chi connectivity index (χ3n) is 4.26. The largest absolute Gasteiger partial charge is 0.379 e. The highest BCUT2D eigenvalue weighted by Gasteiger charge is 2.35. The lowest BCUT2D eigenvalue weighted by Crippen LogP contribution is -2.52. The minimum Gasteiger partial charge on any atom is -0.379 e. The van der Waals surface area contributed by atoms with Gasteiger partial charge in [-0.05, 0) is 17.0 Å². The molecule has 122 valence electrons. The first-order valence-corrected chi connectivity index (χ1v) is 9.21. The fourth-order valence-electron chi connectivity index (χ4n) is 3.33. The van der Waals surface area contributed by atoms with Crippen molar-refractivity contribution in [2.24, 2.45) is 5.41 Å². The summed E-state index contributed by atoms with van der Waals surface area (Å²) in [6, 6.07) is 7.37. The maximum atomic E-state index is 12.9. The number of morpholine rings is 1. The van der Waals surface area contributed by atoms with Gasteiger partial charge in [0.15, 0.2) is 0 Å². The molecule has 2 fully saturated rings. The molecule has 0 saturated carbocycles. The third kappa shape index (κ3) is 3.20. The quantitative estimate of drug-likeness (QED) is 0.843. The summed E-state index contributed by atoms with van der Waals surface area (Å²) in [6.45, 7) is 9.02. The second-order valence-corrected chi connectivity index (χ2v) is 8.84. The molecule has 0 N–H and O–H groups in total. The molecule has 1 aromatic rings. The van der Waals surface area contributed by atoms with Crippen molar-refractivity contribution in [3.05, 3.63) is 29.8 Å². The van der Waals surface area contributed by atoms with Crippen molar-refractivity contribution in [3.8, 4) is 0 Å². The maximum absolute atomic E-state index is 12.9. The summed E-state index contributed by atoms with van der Waals surface area (Å²) in [4.78, 5) is 2.75. The van der Waals surface area contributed by atoms with Gasteiger partial charge in [0.05, 0.1) is 18.1 Å². The van der Waals surface area contributed by atoms with Gasteiger partial charge in [0, 0.05) is 32.7 Å². The predicted molar refractivity (Wildman–Crippen MR) is 85.1 cm³/mol. The van der Waals surface area contributed by atoms with E-state index in [-0.39, 0.29) is 0 Å². The number of likely N-dealkylation sites (tertiary alicyclic amines) is 1. The van der Waals surface area contributed by atoms with E-state index in [1.54, 1.807) is 12.1 Å². The third-order valence-corrected chi connectivity index (χ3v) is 6.26. The van der Waals surface area contributed by atoms with Crippen LogP contribution in [0.15, 0.2) is 29.2 Å². The molecule has 0 atom stereocenters. The molecule has 0 aliphatic carbocycles. The Morgan fingerprint density at radius 1 is 1.14 bits per heavy atom. The molecular formula is C16H24N2O3S. The molecule has 1 aromatic carbocycles. The van der Waals surface area contributed by atoms with E-state index in [1.807, 2.05) is 12.1 Å². The number of ether oxygens (including phenoxy) is 1. The van der Waals surface area contributed by atoms with Crippen LogP contribution < -0.4 is 0 Å². The van der Waals surface area contributed by atoms with Gasteiger partial charge in [-0.15, -0.1) is 0 Å². The lowest BCUT2D eigenvalue weighted by atomic mass is 9.84. The molecule has 0 aromatic heterocycles. The molecule has 3 rings (SSSR count). The normalized spacial score (nSPS) is 23.2. The number of benzene rings is 1. The standard InChI is InChI=1S/C16H24N2O3S/c1-16(2)12-17(13-16)11-14-5-3-4-6-15(14)22(19,20)18-7-9-21-10-8-18/h3-6H,7-13H2,1-2H3. The van der Waals surface area contributed by atoms with E-state index < -0.39 is 10.0 Å². The van der Waals surface area contributed by atoms with Gasteiger partial charge in [0.25, 0.3) is 0 Å². The fraction of sp³-hybridized carbons (Fsp3) is 0.625. The van der Waals surface area contributed by atoms with Crippen molar-refractivity contribution in [2.75, 3.05) is 39.4 Å². The van der Waals surface area contributed by atoms with E-state index >= 15 is 0 Å². The number of sulfonamides is 1. The minimum absolute atomic E-state index is 0.345. The Morgan fingerprint density at radius 3 is 2.41 bits per heavy atom. The maximum Gasteiger partial charge on any atom is 0.243 e. The number of rotatable bonds is 4. The Kier molecular flexibility index (Phi) is 4.29. The van der Waals surface area contributed by atoms with E-state index in [9.17, 15) is 8.42 Å². The van der Waals surface area contributed by atoms with Gasteiger partial charge in [0.2, 0.25) is 10.0 Å². The van der Waals surface area contributed by atoms with E-state index in [1.165, 1.54) is 4.31 Å².